The van der Waals surface area contributed by atoms with Gasteiger partial charge in [0.1, 0.15) is 5.37 Å². The van der Waals surface area contributed by atoms with Crippen molar-refractivity contribution in [3.63, 3.8) is 0 Å². The third-order valence-corrected chi connectivity index (χ3v) is 13.6. The van der Waals surface area contributed by atoms with Crippen molar-refractivity contribution in [1.82, 2.24) is 19.4 Å². The summed E-state index contributed by atoms with van der Waals surface area (Å²) in [7, 11) is 0.299. The van der Waals surface area contributed by atoms with Crippen LogP contribution in [0.3, 0.4) is 0 Å². The SMILES string of the molecule is COC[C@@H]1[C@@H](C2CCC(C3CCCC(C)C3C)CC2)C2CN(S(=O)(=O)C3CNC(C)N3C)C/C=C\CN21. The number of fused-ring (bicyclic) bond motifs is 1. The molecule has 8 heteroatoms. The number of nitrogens with one attached hydrogen (secondary N) is 1. The van der Waals surface area contributed by atoms with E-state index in [0.717, 1.165) is 36.8 Å². The van der Waals surface area contributed by atoms with Gasteiger partial charge in [-0.3, -0.25) is 15.1 Å². The summed E-state index contributed by atoms with van der Waals surface area (Å²) in [4.78, 5) is 4.50. The molecule has 1 N–H and O–H groups in total. The predicted molar refractivity (Wildman–Crippen MR) is 149 cm³/mol. The molecule has 0 aromatic heterocycles. The molecule has 2 saturated heterocycles. The van der Waals surface area contributed by atoms with Gasteiger partial charge in [0.15, 0.2) is 0 Å². The minimum absolute atomic E-state index is 0.0779. The van der Waals surface area contributed by atoms with Crippen LogP contribution in [0.4, 0.5) is 0 Å². The monoisotopic (exact) mass is 536 g/mol. The Hall–Kier alpha value is -0.510. The highest BCUT2D eigenvalue weighted by molar-refractivity contribution is 7.89. The first kappa shape index (κ1) is 28.0. The number of ether oxygens (including phenoxy) is 1. The van der Waals surface area contributed by atoms with E-state index in [1.54, 1.807) is 4.31 Å². The van der Waals surface area contributed by atoms with Crippen LogP contribution in [0.5, 0.6) is 0 Å². The van der Waals surface area contributed by atoms with Crippen LogP contribution >= 0.6 is 0 Å². The molecule has 0 amide bonds. The topological polar surface area (TPSA) is 65.1 Å². The second-order valence-electron chi connectivity index (χ2n) is 13.0. The maximum absolute atomic E-state index is 13.8. The summed E-state index contributed by atoms with van der Waals surface area (Å²) in [5.41, 5.74) is 0. The lowest BCUT2D eigenvalue weighted by Crippen LogP contribution is -2.71. The molecule has 0 aromatic rings. The van der Waals surface area contributed by atoms with E-state index in [4.69, 9.17) is 4.74 Å². The van der Waals surface area contributed by atoms with Crippen LogP contribution in [-0.2, 0) is 14.8 Å². The fraction of sp³-hybridized carbons (Fsp3) is 0.931. The van der Waals surface area contributed by atoms with Gasteiger partial charge < -0.3 is 4.74 Å². The Morgan fingerprint density at radius 2 is 1.68 bits per heavy atom. The van der Waals surface area contributed by atoms with Gasteiger partial charge in [0.2, 0.25) is 10.0 Å². The van der Waals surface area contributed by atoms with E-state index in [1.165, 1.54) is 44.9 Å². The van der Waals surface area contributed by atoms with Crippen LogP contribution in [0, 0.1) is 35.5 Å². The van der Waals surface area contributed by atoms with Crippen molar-refractivity contribution < 1.29 is 13.2 Å². The standard InChI is InChI=1S/C29H52N4O3S/c1-20-9-8-10-25(21(20)2)23-11-13-24(14-12-23)29-26-18-32(15-6-7-16-33(26)27(29)19-36-5)37(34,35)28-17-30-22(3)31(28)4/h6-7,20-30H,8-19H2,1-5H3/b7-6-/t20?,21?,22?,23?,24?,25?,26?,27-,28?,29+/m1/s1. The quantitative estimate of drug-likeness (QED) is 0.524. The zero-order chi connectivity index (χ0) is 26.3. The van der Waals surface area contributed by atoms with Gasteiger partial charge in [0.25, 0.3) is 0 Å². The molecule has 8 atom stereocenters. The van der Waals surface area contributed by atoms with Crippen LogP contribution in [0.25, 0.3) is 0 Å². The van der Waals surface area contributed by atoms with E-state index in [-0.39, 0.29) is 12.2 Å². The van der Waals surface area contributed by atoms with E-state index in [0.29, 0.717) is 37.5 Å². The summed E-state index contributed by atoms with van der Waals surface area (Å²) >= 11 is 0. The van der Waals surface area contributed by atoms with E-state index >= 15 is 0 Å². The smallest absolute Gasteiger partial charge is 0.232 e. The summed E-state index contributed by atoms with van der Waals surface area (Å²) in [5.74, 6) is 4.72. The molecule has 0 spiro atoms. The minimum Gasteiger partial charge on any atom is -0.383 e. The average Bonchev–Trinajstić information content (AvgIpc) is 3.21. The normalized spacial score (nSPS) is 45.5. The third-order valence-electron chi connectivity index (χ3n) is 11.4. The van der Waals surface area contributed by atoms with Crippen molar-refractivity contribution in [3.05, 3.63) is 12.2 Å². The Labute approximate surface area is 226 Å². The highest BCUT2D eigenvalue weighted by atomic mass is 32.2. The van der Waals surface area contributed by atoms with E-state index in [9.17, 15) is 8.42 Å². The van der Waals surface area contributed by atoms with Crippen LogP contribution < -0.4 is 5.32 Å². The zero-order valence-corrected chi connectivity index (χ0v) is 24.7. The van der Waals surface area contributed by atoms with Gasteiger partial charge in [-0.1, -0.05) is 38.8 Å². The fourth-order valence-electron chi connectivity index (χ4n) is 8.77. The predicted octanol–water partition coefficient (Wildman–Crippen LogP) is 3.59. The highest BCUT2D eigenvalue weighted by Crippen LogP contribution is 2.50. The van der Waals surface area contributed by atoms with Crippen LogP contribution in [0.2, 0.25) is 0 Å². The first-order chi connectivity index (χ1) is 17.7. The van der Waals surface area contributed by atoms with Gasteiger partial charge in [0, 0.05) is 45.4 Å². The maximum atomic E-state index is 13.8. The van der Waals surface area contributed by atoms with Crippen molar-refractivity contribution in [2.45, 2.75) is 89.3 Å². The number of hydrogen-bond donors (Lipinski definition) is 1. The molecule has 0 radical (unpaired) electrons. The first-order valence-electron chi connectivity index (χ1n) is 15.1. The summed E-state index contributed by atoms with van der Waals surface area (Å²) < 4.78 is 35.1. The Bertz CT molecular complexity index is 905. The number of nitrogens with zero attached hydrogens (tertiary/aromatic N) is 3. The Morgan fingerprint density at radius 1 is 0.973 bits per heavy atom. The summed E-state index contributed by atoms with van der Waals surface area (Å²) in [5, 5.41) is 2.83. The summed E-state index contributed by atoms with van der Waals surface area (Å²) in [6, 6.07) is 0.681. The molecule has 3 aliphatic heterocycles. The van der Waals surface area contributed by atoms with Gasteiger partial charge >= 0.3 is 0 Å². The second-order valence-corrected chi connectivity index (χ2v) is 15.1. The lowest BCUT2D eigenvalue weighted by Gasteiger charge is -2.60. The second kappa shape index (κ2) is 11.5. The third kappa shape index (κ3) is 5.32. The number of hydrogen-bond acceptors (Lipinski definition) is 6. The van der Waals surface area contributed by atoms with E-state index < -0.39 is 15.4 Å². The Balaban J connectivity index is 1.29. The largest absolute Gasteiger partial charge is 0.383 e. The van der Waals surface area contributed by atoms with Crippen LogP contribution in [0.1, 0.15) is 65.7 Å². The van der Waals surface area contributed by atoms with Crippen molar-refractivity contribution in [1.29, 1.82) is 0 Å². The molecule has 37 heavy (non-hydrogen) atoms. The van der Waals surface area contributed by atoms with Gasteiger partial charge in [-0.2, -0.15) is 4.31 Å². The van der Waals surface area contributed by atoms with Crippen molar-refractivity contribution in [2.24, 2.45) is 35.5 Å². The fourth-order valence-corrected chi connectivity index (χ4v) is 10.7. The number of likely N-dealkylation sites (N-methyl/N-ethyl adjacent to an activating group) is 1. The lowest BCUT2D eigenvalue weighted by molar-refractivity contribution is -0.119. The molecule has 212 valence electrons. The van der Waals surface area contributed by atoms with Gasteiger partial charge in [-0.15, -0.1) is 0 Å². The minimum atomic E-state index is -3.44. The highest BCUT2D eigenvalue weighted by Gasteiger charge is 2.54. The molecule has 2 saturated carbocycles. The molecule has 6 unspecified atom stereocenters. The molecule has 4 fully saturated rings. The maximum Gasteiger partial charge on any atom is 0.232 e. The summed E-state index contributed by atoms with van der Waals surface area (Å²) in [6.45, 7) is 10.2. The Morgan fingerprint density at radius 3 is 2.35 bits per heavy atom. The van der Waals surface area contributed by atoms with Gasteiger partial charge in [0.05, 0.1) is 12.8 Å². The average molecular weight is 537 g/mol. The Kier molecular flexibility index (Phi) is 8.74. The number of methoxy groups -OCH3 is 1. The molecule has 5 rings (SSSR count). The van der Waals surface area contributed by atoms with Crippen molar-refractivity contribution in [3.8, 4) is 0 Å². The number of sulfonamides is 1. The molecule has 0 aromatic carbocycles. The first-order valence-corrected chi connectivity index (χ1v) is 16.6. The van der Waals surface area contributed by atoms with Crippen molar-refractivity contribution >= 4 is 10.0 Å². The molecule has 7 nitrogen and oxygen atoms in total. The molecule has 3 heterocycles. The lowest BCUT2D eigenvalue weighted by atomic mass is 9.60. The molecular formula is C29H52N4O3S. The molecular weight excluding hydrogens is 484 g/mol. The molecule has 0 bridgehead atoms. The molecule has 2 aliphatic carbocycles. The molecule has 5 aliphatic rings. The zero-order valence-electron chi connectivity index (χ0n) is 23.9. The van der Waals surface area contributed by atoms with Crippen LogP contribution in [-0.4, -0.2) is 93.1 Å². The van der Waals surface area contributed by atoms with Gasteiger partial charge in [-0.25, -0.2) is 8.42 Å². The van der Waals surface area contributed by atoms with Crippen molar-refractivity contribution in [2.75, 3.05) is 46.9 Å². The number of rotatable bonds is 6. The van der Waals surface area contributed by atoms with Crippen LogP contribution in [0.15, 0.2) is 12.2 Å². The van der Waals surface area contributed by atoms with E-state index in [1.807, 2.05) is 32.1 Å². The van der Waals surface area contributed by atoms with Gasteiger partial charge in [-0.05, 0) is 81.6 Å². The summed E-state index contributed by atoms with van der Waals surface area (Å²) in [6.07, 6.45) is 13.9. The van der Waals surface area contributed by atoms with E-state index in [2.05, 4.69) is 30.1 Å².